The molecule has 0 unspecified atom stereocenters. The minimum atomic E-state index is -0.905. The lowest BCUT2D eigenvalue weighted by molar-refractivity contribution is 0.0383. The largest absolute Gasteiger partial charge is 0.505 e. The summed E-state index contributed by atoms with van der Waals surface area (Å²) < 4.78 is 19.1. The standard InChI is InChI=1S/C18H19ClFN3O4S/c19-15-10-12(17(26)21-3-4-23-5-7-27-8-6-23)18(28-15)22-16(25)11-1-2-14(24)13(20)9-11/h1-2,9-10,24H,3-8H2,(H,21,26)(H,22,25). The predicted octanol–water partition coefficient (Wildman–Crippen LogP) is 2.56. The van der Waals surface area contributed by atoms with E-state index in [1.54, 1.807) is 0 Å². The lowest BCUT2D eigenvalue weighted by Gasteiger charge is -2.26. The predicted molar refractivity (Wildman–Crippen MR) is 105 cm³/mol. The first-order valence-electron chi connectivity index (χ1n) is 8.61. The quantitative estimate of drug-likeness (QED) is 0.659. The molecule has 0 spiro atoms. The van der Waals surface area contributed by atoms with Gasteiger partial charge in [-0.15, -0.1) is 11.3 Å². The summed E-state index contributed by atoms with van der Waals surface area (Å²) in [6.45, 7) is 4.16. The summed E-state index contributed by atoms with van der Waals surface area (Å²) in [7, 11) is 0. The van der Waals surface area contributed by atoms with Crippen LogP contribution in [0.5, 0.6) is 5.75 Å². The highest BCUT2D eigenvalue weighted by molar-refractivity contribution is 7.20. The van der Waals surface area contributed by atoms with E-state index in [1.807, 2.05) is 0 Å². The Balaban J connectivity index is 1.62. The molecule has 1 fully saturated rings. The topological polar surface area (TPSA) is 90.9 Å². The van der Waals surface area contributed by atoms with Crippen molar-refractivity contribution in [2.24, 2.45) is 0 Å². The van der Waals surface area contributed by atoms with E-state index in [-0.39, 0.29) is 22.0 Å². The van der Waals surface area contributed by atoms with Gasteiger partial charge in [0, 0.05) is 31.7 Å². The number of halogens is 2. The Kier molecular flexibility index (Phi) is 6.84. The highest BCUT2D eigenvalue weighted by Gasteiger charge is 2.19. The monoisotopic (exact) mass is 427 g/mol. The molecule has 7 nitrogen and oxygen atoms in total. The molecular formula is C18H19ClFN3O4S. The number of amides is 2. The number of nitrogens with one attached hydrogen (secondary N) is 2. The number of benzene rings is 1. The van der Waals surface area contributed by atoms with Gasteiger partial charge >= 0.3 is 0 Å². The van der Waals surface area contributed by atoms with Crippen molar-refractivity contribution in [2.75, 3.05) is 44.7 Å². The first-order valence-corrected chi connectivity index (χ1v) is 9.81. The van der Waals surface area contributed by atoms with Crippen LogP contribution in [-0.4, -0.2) is 61.2 Å². The molecule has 1 saturated heterocycles. The summed E-state index contributed by atoms with van der Waals surface area (Å²) in [5.74, 6) is -2.42. The van der Waals surface area contributed by atoms with Gasteiger partial charge in [-0.2, -0.15) is 0 Å². The van der Waals surface area contributed by atoms with Gasteiger partial charge < -0.3 is 20.5 Å². The van der Waals surface area contributed by atoms with Crippen LogP contribution in [0, 0.1) is 5.82 Å². The average Bonchev–Trinajstić information content (AvgIpc) is 3.05. The van der Waals surface area contributed by atoms with Crippen LogP contribution in [-0.2, 0) is 4.74 Å². The number of hydrogen-bond acceptors (Lipinski definition) is 6. The number of carbonyl (C=O) groups is 2. The maximum absolute atomic E-state index is 13.5. The Morgan fingerprint density at radius 2 is 2.00 bits per heavy atom. The third-order valence-corrected chi connectivity index (χ3v) is 5.38. The molecule has 0 aliphatic carbocycles. The van der Waals surface area contributed by atoms with Crippen LogP contribution in [0.4, 0.5) is 9.39 Å². The molecule has 3 rings (SSSR count). The number of rotatable bonds is 6. The number of anilines is 1. The molecule has 28 heavy (non-hydrogen) atoms. The molecule has 1 aromatic carbocycles. The summed E-state index contributed by atoms with van der Waals surface area (Å²) in [5, 5.41) is 14.9. The zero-order chi connectivity index (χ0) is 20.1. The summed E-state index contributed by atoms with van der Waals surface area (Å²) in [5.41, 5.74) is 0.253. The number of ether oxygens (including phenoxy) is 1. The Hall–Kier alpha value is -2.20. The van der Waals surface area contributed by atoms with Gasteiger partial charge in [0.1, 0.15) is 5.00 Å². The first-order chi connectivity index (χ1) is 13.4. The van der Waals surface area contributed by atoms with Crippen molar-refractivity contribution in [1.82, 2.24) is 10.2 Å². The molecule has 0 saturated carbocycles. The van der Waals surface area contributed by atoms with Crippen LogP contribution in [0.2, 0.25) is 4.34 Å². The number of thiophene rings is 1. The summed E-state index contributed by atoms with van der Waals surface area (Å²) in [6, 6.07) is 4.77. The van der Waals surface area contributed by atoms with Gasteiger partial charge in [0.05, 0.1) is 23.1 Å². The van der Waals surface area contributed by atoms with Crippen molar-refractivity contribution in [2.45, 2.75) is 0 Å². The molecule has 2 heterocycles. The second-order valence-electron chi connectivity index (χ2n) is 6.12. The summed E-state index contributed by atoms with van der Waals surface area (Å²) in [6.07, 6.45) is 0. The Morgan fingerprint density at radius 3 is 2.71 bits per heavy atom. The van der Waals surface area contributed by atoms with E-state index >= 15 is 0 Å². The van der Waals surface area contributed by atoms with E-state index in [1.165, 1.54) is 12.1 Å². The van der Waals surface area contributed by atoms with E-state index in [0.29, 0.717) is 30.6 Å². The summed E-state index contributed by atoms with van der Waals surface area (Å²) in [4.78, 5) is 27.0. The third kappa shape index (κ3) is 5.20. The smallest absolute Gasteiger partial charge is 0.256 e. The third-order valence-electron chi connectivity index (χ3n) is 4.20. The lowest BCUT2D eigenvalue weighted by Crippen LogP contribution is -2.41. The van der Waals surface area contributed by atoms with Gasteiger partial charge in [-0.25, -0.2) is 4.39 Å². The maximum atomic E-state index is 13.5. The molecule has 1 aliphatic heterocycles. The van der Waals surface area contributed by atoms with Gasteiger partial charge in [0.15, 0.2) is 11.6 Å². The molecule has 1 aliphatic rings. The highest BCUT2D eigenvalue weighted by Crippen LogP contribution is 2.32. The second-order valence-corrected chi connectivity index (χ2v) is 7.81. The molecular weight excluding hydrogens is 409 g/mol. The first kappa shape index (κ1) is 20.5. The van der Waals surface area contributed by atoms with Gasteiger partial charge in [-0.05, 0) is 24.3 Å². The van der Waals surface area contributed by atoms with Crippen LogP contribution in [0.1, 0.15) is 20.7 Å². The zero-order valence-corrected chi connectivity index (χ0v) is 16.4. The van der Waals surface area contributed by atoms with Crippen LogP contribution in [0.15, 0.2) is 24.3 Å². The van der Waals surface area contributed by atoms with Crippen molar-refractivity contribution >= 4 is 39.8 Å². The van der Waals surface area contributed by atoms with Gasteiger partial charge in [-0.1, -0.05) is 11.6 Å². The molecule has 0 radical (unpaired) electrons. The normalized spacial score (nSPS) is 14.6. The van der Waals surface area contributed by atoms with Crippen molar-refractivity contribution in [3.63, 3.8) is 0 Å². The number of aromatic hydroxyl groups is 1. The van der Waals surface area contributed by atoms with Gasteiger partial charge in [0.2, 0.25) is 0 Å². The summed E-state index contributed by atoms with van der Waals surface area (Å²) >= 11 is 7.05. The van der Waals surface area contributed by atoms with E-state index in [4.69, 9.17) is 16.3 Å². The van der Waals surface area contributed by atoms with Crippen LogP contribution in [0.25, 0.3) is 0 Å². The van der Waals surface area contributed by atoms with E-state index in [2.05, 4.69) is 15.5 Å². The number of nitrogens with zero attached hydrogens (tertiary/aromatic N) is 1. The van der Waals surface area contributed by atoms with Crippen molar-refractivity contribution in [3.05, 3.63) is 45.5 Å². The molecule has 2 amide bonds. The number of hydrogen-bond donors (Lipinski definition) is 3. The van der Waals surface area contributed by atoms with Gasteiger partial charge in [-0.3, -0.25) is 14.5 Å². The fourth-order valence-electron chi connectivity index (χ4n) is 2.69. The fourth-order valence-corrected chi connectivity index (χ4v) is 3.81. The SMILES string of the molecule is O=C(Nc1sc(Cl)cc1C(=O)NCCN1CCOCC1)c1ccc(O)c(F)c1. The Morgan fingerprint density at radius 1 is 1.25 bits per heavy atom. The maximum Gasteiger partial charge on any atom is 0.256 e. The molecule has 0 atom stereocenters. The number of phenols is 1. The second kappa shape index (κ2) is 9.33. The zero-order valence-electron chi connectivity index (χ0n) is 14.8. The van der Waals surface area contributed by atoms with Crippen molar-refractivity contribution in [3.8, 4) is 5.75 Å². The number of phenolic OH excluding ortho intramolecular Hbond substituents is 1. The van der Waals surface area contributed by atoms with Gasteiger partial charge in [0.25, 0.3) is 11.8 Å². The Labute approximate surface area is 170 Å². The molecule has 1 aromatic heterocycles. The Bertz CT molecular complexity index is 871. The van der Waals surface area contributed by atoms with Crippen LogP contribution < -0.4 is 10.6 Å². The minimum Gasteiger partial charge on any atom is -0.505 e. The fraction of sp³-hybridized carbons (Fsp3) is 0.333. The van der Waals surface area contributed by atoms with E-state index < -0.39 is 17.5 Å². The molecule has 150 valence electrons. The van der Waals surface area contributed by atoms with Crippen molar-refractivity contribution in [1.29, 1.82) is 0 Å². The highest BCUT2D eigenvalue weighted by atomic mass is 35.5. The number of morpholine rings is 1. The lowest BCUT2D eigenvalue weighted by atomic mass is 10.2. The molecule has 0 bridgehead atoms. The molecule has 3 N–H and O–H groups in total. The van der Waals surface area contributed by atoms with E-state index in [9.17, 15) is 19.1 Å². The van der Waals surface area contributed by atoms with Crippen LogP contribution in [0.3, 0.4) is 0 Å². The minimum absolute atomic E-state index is 0.0125. The number of carbonyl (C=O) groups excluding carboxylic acids is 2. The van der Waals surface area contributed by atoms with Crippen LogP contribution >= 0.6 is 22.9 Å². The average molecular weight is 428 g/mol. The van der Waals surface area contributed by atoms with E-state index in [0.717, 1.165) is 36.6 Å². The molecule has 10 heteroatoms. The molecule has 2 aromatic rings. The van der Waals surface area contributed by atoms with Crippen molar-refractivity contribution < 1.29 is 23.8 Å².